The Hall–Kier alpha value is -1.07. The predicted molar refractivity (Wildman–Crippen MR) is 77.7 cm³/mol. The summed E-state index contributed by atoms with van der Waals surface area (Å²) < 4.78 is 17.3. The zero-order valence-corrected chi connectivity index (χ0v) is 12.8. The third-order valence-corrected chi connectivity index (χ3v) is 4.31. The van der Waals surface area contributed by atoms with E-state index < -0.39 is 0 Å². The highest BCUT2D eigenvalue weighted by Crippen LogP contribution is 2.36. The Balaban J connectivity index is 1.70. The summed E-state index contributed by atoms with van der Waals surface area (Å²) in [5.74, 6) is 1.46. The minimum atomic E-state index is 0.115. The lowest BCUT2D eigenvalue weighted by Gasteiger charge is -2.19. The molecule has 20 heavy (non-hydrogen) atoms. The highest BCUT2D eigenvalue weighted by atomic mass is 79.9. The second kappa shape index (κ2) is 6.14. The molecule has 0 spiro atoms. The Bertz CT molecular complexity index is 509. The third kappa shape index (κ3) is 2.99. The molecular formula is C15H17BrO4. The number of benzene rings is 1. The van der Waals surface area contributed by atoms with Crippen LogP contribution in [0.2, 0.25) is 0 Å². The van der Waals surface area contributed by atoms with Gasteiger partial charge in [0.25, 0.3) is 0 Å². The lowest BCUT2D eigenvalue weighted by atomic mass is 10.0. The quantitative estimate of drug-likeness (QED) is 0.788. The van der Waals surface area contributed by atoms with Crippen LogP contribution in [0, 0.1) is 0 Å². The van der Waals surface area contributed by atoms with Crippen molar-refractivity contribution in [3.05, 3.63) is 22.2 Å². The number of carbonyl (C=O) groups is 1. The van der Waals surface area contributed by atoms with E-state index in [0.717, 1.165) is 30.3 Å². The van der Waals surface area contributed by atoms with Crippen LogP contribution in [0.3, 0.4) is 0 Å². The van der Waals surface area contributed by atoms with Gasteiger partial charge in [0.05, 0.1) is 6.10 Å². The molecule has 1 fully saturated rings. The van der Waals surface area contributed by atoms with E-state index in [1.807, 2.05) is 6.07 Å². The molecule has 0 amide bonds. The molecule has 1 saturated heterocycles. The minimum absolute atomic E-state index is 0.115. The van der Waals surface area contributed by atoms with Crippen LogP contribution in [-0.4, -0.2) is 31.7 Å². The summed E-state index contributed by atoms with van der Waals surface area (Å²) in [6, 6.07) is 3.59. The molecule has 3 rings (SSSR count). The van der Waals surface area contributed by atoms with E-state index >= 15 is 0 Å². The fourth-order valence-corrected chi connectivity index (χ4v) is 3.12. The Labute approximate surface area is 126 Å². The average Bonchev–Trinajstić information content (AvgIpc) is 2.97. The largest absolute Gasteiger partial charge is 0.486 e. The van der Waals surface area contributed by atoms with Crippen LogP contribution in [-0.2, 0) is 4.74 Å². The third-order valence-electron chi connectivity index (χ3n) is 3.65. The summed E-state index contributed by atoms with van der Waals surface area (Å²) in [5.41, 5.74) is 0.659. The van der Waals surface area contributed by atoms with Gasteiger partial charge in [-0.1, -0.05) is 0 Å². The van der Waals surface area contributed by atoms with Crippen LogP contribution in [0.4, 0.5) is 0 Å². The van der Waals surface area contributed by atoms with E-state index in [4.69, 9.17) is 14.2 Å². The second-order valence-electron chi connectivity index (χ2n) is 5.07. The van der Waals surface area contributed by atoms with Gasteiger partial charge in [0.1, 0.15) is 13.2 Å². The van der Waals surface area contributed by atoms with Gasteiger partial charge in [0.15, 0.2) is 17.3 Å². The first-order valence-corrected chi connectivity index (χ1v) is 7.77. The van der Waals surface area contributed by atoms with Gasteiger partial charge in [-0.15, -0.1) is 0 Å². The lowest BCUT2D eigenvalue weighted by molar-refractivity contribution is 0.0858. The van der Waals surface area contributed by atoms with E-state index in [-0.39, 0.29) is 11.9 Å². The second-order valence-corrected chi connectivity index (χ2v) is 5.93. The first-order chi connectivity index (χ1) is 9.74. The van der Waals surface area contributed by atoms with Crippen molar-refractivity contribution in [2.24, 2.45) is 0 Å². The standard InChI is InChI=1S/C15H17BrO4/c16-12-9-15-14(19-6-7-20-15)8-11(12)13(17)4-3-10-2-1-5-18-10/h8-10H,1-7H2. The maximum Gasteiger partial charge on any atom is 0.164 e. The van der Waals surface area contributed by atoms with E-state index in [1.165, 1.54) is 0 Å². The van der Waals surface area contributed by atoms with Crippen molar-refractivity contribution >= 4 is 21.7 Å². The van der Waals surface area contributed by atoms with Crippen LogP contribution < -0.4 is 9.47 Å². The number of carbonyl (C=O) groups excluding carboxylic acids is 1. The molecule has 0 bridgehead atoms. The van der Waals surface area contributed by atoms with Crippen molar-refractivity contribution in [3.63, 3.8) is 0 Å². The van der Waals surface area contributed by atoms with Crippen LogP contribution >= 0.6 is 15.9 Å². The molecule has 1 unspecified atom stereocenters. The van der Waals surface area contributed by atoms with Crippen molar-refractivity contribution in [2.75, 3.05) is 19.8 Å². The van der Waals surface area contributed by atoms with Gasteiger partial charge in [-0.05, 0) is 47.3 Å². The molecule has 1 aromatic carbocycles. The summed E-state index contributed by atoms with van der Waals surface area (Å²) in [7, 11) is 0. The fourth-order valence-electron chi connectivity index (χ4n) is 2.58. The number of hydrogen-bond donors (Lipinski definition) is 0. The van der Waals surface area contributed by atoms with Gasteiger partial charge in [-0.2, -0.15) is 0 Å². The first kappa shape index (κ1) is 13.9. The zero-order valence-electron chi connectivity index (χ0n) is 11.2. The molecule has 2 aliphatic heterocycles. The van der Waals surface area contributed by atoms with E-state index in [9.17, 15) is 4.79 Å². The van der Waals surface area contributed by atoms with Gasteiger partial charge in [0, 0.05) is 23.1 Å². The Morgan fingerprint density at radius 3 is 2.65 bits per heavy atom. The van der Waals surface area contributed by atoms with Gasteiger partial charge in [0.2, 0.25) is 0 Å². The molecular weight excluding hydrogens is 324 g/mol. The van der Waals surface area contributed by atoms with Crippen molar-refractivity contribution in [3.8, 4) is 11.5 Å². The van der Waals surface area contributed by atoms with Crippen molar-refractivity contribution in [1.29, 1.82) is 0 Å². The van der Waals surface area contributed by atoms with Gasteiger partial charge in [-0.3, -0.25) is 4.79 Å². The Kier molecular flexibility index (Phi) is 4.27. The zero-order chi connectivity index (χ0) is 13.9. The first-order valence-electron chi connectivity index (χ1n) is 6.98. The summed E-state index contributed by atoms with van der Waals surface area (Å²) in [6.07, 6.45) is 3.71. The fraction of sp³-hybridized carbons (Fsp3) is 0.533. The molecule has 2 heterocycles. The number of Topliss-reactive ketones (excluding diaryl/α,β-unsaturated/α-hetero) is 1. The van der Waals surface area contributed by atoms with Crippen molar-refractivity contribution in [1.82, 2.24) is 0 Å². The van der Waals surface area contributed by atoms with Crippen LogP contribution in [0.25, 0.3) is 0 Å². The van der Waals surface area contributed by atoms with Crippen molar-refractivity contribution in [2.45, 2.75) is 31.8 Å². The molecule has 0 aliphatic carbocycles. The SMILES string of the molecule is O=C(CCC1CCCO1)c1cc2c(cc1Br)OCCO2. The molecule has 4 nitrogen and oxygen atoms in total. The Morgan fingerprint density at radius 2 is 1.95 bits per heavy atom. The van der Waals surface area contributed by atoms with Crippen LogP contribution in [0.1, 0.15) is 36.0 Å². The maximum absolute atomic E-state index is 12.3. The molecule has 5 heteroatoms. The summed E-state index contributed by atoms with van der Waals surface area (Å²) in [4.78, 5) is 12.3. The molecule has 0 radical (unpaired) electrons. The molecule has 0 aromatic heterocycles. The maximum atomic E-state index is 12.3. The van der Waals surface area contributed by atoms with E-state index in [2.05, 4.69) is 15.9 Å². The molecule has 108 valence electrons. The minimum Gasteiger partial charge on any atom is -0.486 e. The molecule has 0 N–H and O–H groups in total. The number of ketones is 1. The lowest BCUT2D eigenvalue weighted by Crippen LogP contribution is -2.16. The van der Waals surface area contributed by atoms with Gasteiger partial charge < -0.3 is 14.2 Å². The molecule has 0 saturated carbocycles. The number of hydrogen-bond acceptors (Lipinski definition) is 4. The summed E-state index contributed by atoms with van der Waals surface area (Å²) in [5, 5.41) is 0. The number of halogens is 1. The Morgan fingerprint density at radius 1 is 1.20 bits per heavy atom. The average molecular weight is 341 g/mol. The molecule has 2 aliphatic rings. The van der Waals surface area contributed by atoms with Crippen LogP contribution in [0.15, 0.2) is 16.6 Å². The molecule has 1 atom stereocenters. The monoisotopic (exact) mass is 340 g/mol. The predicted octanol–water partition coefficient (Wildman–Crippen LogP) is 3.36. The van der Waals surface area contributed by atoms with E-state index in [1.54, 1.807) is 6.07 Å². The summed E-state index contributed by atoms with van der Waals surface area (Å²) >= 11 is 3.44. The highest BCUT2D eigenvalue weighted by Gasteiger charge is 2.21. The number of fused-ring (bicyclic) bond motifs is 1. The summed E-state index contributed by atoms with van der Waals surface area (Å²) in [6.45, 7) is 1.90. The van der Waals surface area contributed by atoms with Crippen molar-refractivity contribution < 1.29 is 19.0 Å². The van der Waals surface area contributed by atoms with E-state index in [0.29, 0.717) is 36.7 Å². The normalized spacial score (nSPS) is 20.9. The smallest absolute Gasteiger partial charge is 0.164 e. The van der Waals surface area contributed by atoms with Gasteiger partial charge in [-0.25, -0.2) is 0 Å². The topological polar surface area (TPSA) is 44.8 Å². The number of rotatable bonds is 4. The van der Waals surface area contributed by atoms with Gasteiger partial charge >= 0.3 is 0 Å². The molecule has 1 aromatic rings. The number of ether oxygens (including phenoxy) is 3. The van der Waals surface area contributed by atoms with Crippen LogP contribution in [0.5, 0.6) is 11.5 Å². The highest BCUT2D eigenvalue weighted by molar-refractivity contribution is 9.10.